The Morgan fingerprint density at radius 2 is 2.20 bits per heavy atom. The summed E-state index contributed by atoms with van der Waals surface area (Å²) in [6, 6.07) is 1.95. The van der Waals surface area contributed by atoms with Crippen LogP contribution in [0.25, 0.3) is 0 Å². The molecule has 5 nitrogen and oxygen atoms in total. The van der Waals surface area contributed by atoms with Crippen molar-refractivity contribution in [1.82, 2.24) is 20.4 Å². The Morgan fingerprint density at radius 3 is 2.85 bits per heavy atom. The molecule has 1 rings (SSSR count). The van der Waals surface area contributed by atoms with E-state index in [2.05, 4.69) is 33.9 Å². The molecule has 0 radical (unpaired) electrons. The number of aryl methyl sites for hydroxylation is 1. The molecule has 0 spiro atoms. The molecule has 116 valence electrons. The first-order chi connectivity index (χ1) is 9.36. The highest BCUT2D eigenvalue weighted by Gasteiger charge is 1.96. The van der Waals surface area contributed by atoms with Crippen molar-refractivity contribution in [2.75, 3.05) is 31.6 Å². The van der Waals surface area contributed by atoms with Gasteiger partial charge >= 0.3 is 0 Å². The van der Waals surface area contributed by atoms with E-state index >= 15 is 0 Å². The quantitative estimate of drug-likeness (QED) is 0.283. The minimum absolute atomic E-state index is 0. The van der Waals surface area contributed by atoms with Gasteiger partial charge in [-0.15, -0.1) is 24.0 Å². The molecule has 7 heteroatoms. The molecule has 0 unspecified atom stereocenters. The van der Waals surface area contributed by atoms with Crippen molar-refractivity contribution in [3.63, 3.8) is 0 Å². The number of guanidine groups is 1. The maximum Gasteiger partial charge on any atom is 0.191 e. The van der Waals surface area contributed by atoms with Gasteiger partial charge < -0.3 is 10.6 Å². The van der Waals surface area contributed by atoms with Crippen LogP contribution in [0, 0.1) is 0 Å². The lowest BCUT2D eigenvalue weighted by atomic mass is 10.4. The Morgan fingerprint density at radius 1 is 1.35 bits per heavy atom. The summed E-state index contributed by atoms with van der Waals surface area (Å²) in [6.07, 6.45) is 8.09. The fourth-order valence-electron chi connectivity index (χ4n) is 1.62. The molecule has 0 saturated heterocycles. The maximum atomic E-state index is 4.56. The van der Waals surface area contributed by atoms with Crippen LogP contribution in [0.2, 0.25) is 0 Å². The SMILES string of the molecule is CCNC(=NCCCn1cccn1)NCCCSC.I. The predicted molar refractivity (Wildman–Crippen MR) is 99.2 cm³/mol. The second-order valence-corrected chi connectivity index (χ2v) is 5.14. The summed E-state index contributed by atoms with van der Waals surface area (Å²) in [4.78, 5) is 4.56. The van der Waals surface area contributed by atoms with Gasteiger partial charge in [-0.1, -0.05) is 0 Å². The molecule has 0 saturated carbocycles. The number of halogens is 1. The monoisotopic (exact) mass is 411 g/mol. The molecule has 0 aliphatic heterocycles. The molecule has 1 aromatic rings. The van der Waals surface area contributed by atoms with E-state index in [1.807, 2.05) is 28.7 Å². The molecule has 0 atom stereocenters. The minimum Gasteiger partial charge on any atom is -0.357 e. The van der Waals surface area contributed by atoms with Crippen molar-refractivity contribution in [3.05, 3.63) is 18.5 Å². The van der Waals surface area contributed by atoms with E-state index < -0.39 is 0 Å². The normalized spacial score (nSPS) is 11.0. The predicted octanol–water partition coefficient (Wildman–Crippen LogP) is 2.20. The van der Waals surface area contributed by atoms with Gasteiger partial charge in [0.15, 0.2) is 5.96 Å². The van der Waals surface area contributed by atoms with Crippen LogP contribution < -0.4 is 10.6 Å². The highest BCUT2D eigenvalue weighted by Crippen LogP contribution is 1.93. The Kier molecular flexibility index (Phi) is 13.2. The third-order valence-corrected chi connectivity index (χ3v) is 3.23. The maximum absolute atomic E-state index is 4.56. The van der Waals surface area contributed by atoms with Crippen molar-refractivity contribution in [2.45, 2.75) is 26.3 Å². The van der Waals surface area contributed by atoms with Gasteiger partial charge in [0.1, 0.15) is 0 Å². The fraction of sp³-hybridized carbons (Fsp3) is 0.692. The average molecular weight is 411 g/mol. The third kappa shape index (κ3) is 9.46. The van der Waals surface area contributed by atoms with Crippen LogP contribution in [0.15, 0.2) is 23.5 Å². The molecular weight excluding hydrogens is 385 g/mol. The summed E-state index contributed by atoms with van der Waals surface area (Å²) >= 11 is 1.88. The van der Waals surface area contributed by atoms with E-state index in [0.717, 1.165) is 38.6 Å². The zero-order valence-corrected chi connectivity index (χ0v) is 15.5. The van der Waals surface area contributed by atoms with Crippen LogP contribution in [0.3, 0.4) is 0 Å². The zero-order valence-electron chi connectivity index (χ0n) is 12.3. The van der Waals surface area contributed by atoms with Crippen LogP contribution in [0.5, 0.6) is 0 Å². The number of thioether (sulfide) groups is 1. The second-order valence-electron chi connectivity index (χ2n) is 4.16. The number of rotatable bonds is 9. The zero-order chi connectivity index (χ0) is 13.8. The molecule has 0 amide bonds. The number of hydrogen-bond acceptors (Lipinski definition) is 3. The van der Waals surface area contributed by atoms with Crippen molar-refractivity contribution in [1.29, 1.82) is 0 Å². The van der Waals surface area contributed by atoms with Gasteiger partial charge in [-0.05, 0) is 37.8 Å². The molecule has 0 aliphatic carbocycles. The summed E-state index contributed by atoms with van der Waals surface area (Å²) in [5.74, 6) is 2.11. The van der Waals surface area contributed by atoms with Crippen LogP contribution in [0.4, 0.5) is 0 Å². The van der Waals surface area contributed by atoms with E-state index in [1.165, 1.54) is 12.2 Å². The second kappa shape index (κ2) is 13.5. The van der Waals surface area contributed by atoms with E-state index in [1.54, 1.807) is 6.20 Å². The third-order valence-electron chi connectivity index (χ3n) is 2.54. The highest BCUT2D eigenvalue weighted by molar-refractivity contribution is 14.0. The first-order valence-electron chi connectivity index (χ1n) is 6.85. The standard InChI is InChI=1S/C13H25N5S.HI/c1-3-14-13(16-8-6-12-19-2)15-7-4-10-18-11-5-9-17-18;/h5,9,11H,3-4,6-8,10,12H2,1-2H3,(H2,14,15,16);1H. The molecule has 1 heterocycles. The molecule has 0 aromatic carbocycles. The summed E-state index contributed by atoms with van der Waals surface area (Å²) < 4.78 is 1.94. The highest BCUT2D eigenvalue weighted by atomic mass is 127. The Bertz CT molecular complexity index is 343. The lowest BCUT2D eigenvalue weighted by Crippen LogP contribution is -2.38. The molecule has 20 heavy (non-hydrogen) atoms. The summed E-state index contributed by atoms with van der Waals surface area (Å²) in [7, 11) is 0. The number of aromatic nitrogens is 2. The molecule has 2 N–H and O–H groups in total. The van der Waals surface area contributed by atoms with Crippen molar-refractivity contribution >= 4 is 41.7 Å². The molecule has 0 aliphatic rings. The number of aliphatic imine (C=N–C) groups is 1. The smallest absolute Gasteiger partial charge is 0.191 e. The summed E-state index contributed by atoms with van der Waals surface area (Å²) in [5.41, 5.74) is 0. The summed E-state index contributed by atoms with van der Waals surface area (Å²) in [5, 5.41) is 10.8. The Labute approximate surface area is 143 Å². The van der Waals surface area contributed by atoms with Crippen molar-refractivity contribution in [3.8, 4) is 0 Å². The van der Waals surface area contributed by atoms with E-state index in [-0.39, 0.29) is 24.0 Å². The largest absolute Gasteiger partial charge is 0.357 e. The van der Waals surface area contributed by atoms with Crippen LogP contribution in [-0.2, 0) is 6.54 Å². The van der Waals surface area contributed by atoms with Gasteiger partial charge in [-0.3, -0.25) is 9.67 Å². The average Bonchev–Trinajstić information content (AvgIpc) is 2.92. The Balaban J connectivity index is 0.00000361. The number of nitrogens with one attached hydrogen (secondary N) is 2. The van der Waals surface area contributed by atoms with E-state index in [9.17, 15) is 0 Å². The molecule has 0 bridgehead atoms. The number of hydrogen-bond donors (Lipinski definition) is 2. The van der Waals surface area contributed by atoms with Crippen molar-refractivity contribution in [2.24, 2.45) is 4.99 Å². The minimum atomic E-state index is 0. The number of nitrogens with zero attached hydrogens (tertiary/aromatic N) is 3. The first kappa shape index (κ1) is 19.6. The van der Waals surface area contributed by atoms with Gasteiger partial charge in [0.05, 0.1) is 0 Å². The topological polar surface area (TPSA) is 54.2 Å². The first-order valence-corrected chi connectivity index (χ1v) is 8.24. The van der Waals surface area contributed by atoms with Crippen molar-refractivity contribution < 1.29 is 0 Å². The Hall–Kier alpha value is -0.440. The fourth-order valence-corrected chi connectivity index (χ4v) is 2.05. The van der Waals surface area contributed by atoms with Gasteiger partial charge in [0, 0.05) is 38.6 Å². The lowest BCUT2D eigenvalue weighted by molar-refractivity contribution is 0.584. The lowest BCUT2D eigenvalue weighted by Gasteiger charge is -2.10. The molecular formula is C13H26IN5S. The van der Waals surface area contributed by atoms with Gasteiger partial charge in [0.2, 0.25) is 0 Å². The van der Waals surface area contributed by atoms with Gasteiger partial charge in [-0.2, -0.15) is 16.9 Å². The van der Waals surface area contributed by atoms with Crippen LogP contribution >= 0.6 is 35.7 Å². The van der Waals surface area contributed by atoms with Crippen LogP contribution in [-0.4, -0.2) is 47.4 Å². The van der Waals surface area contributed by atoms with Gasteiger partial charge in [-0.25, -0.2) is 0 Å². The van der Waals surface area contributed by atoms with E-state index in [4.69, 9.17) is 0 Å². The van der Waals surface area contributed by atoms with Crippen LogP contribution in [0.1, 0.15) is 19.8 Å². The van der Waals surface area contributed by atoms with Gasteiger partial charge in [0.25, 0.3) is 0 Å². The molecule has 1 aromatic heterocycles. The van der Waals surface area contributed by atoms with E-state index in [0.29, 0.717) is 0 Å². The molecule has 0 fully saturated rings. The summed E-state index contributed by atoms with van der Waals surface area (Å²) in [6.45, 7) is 5.70.